The standard InChI is InChI=1S/C38H37N7O6S/c1-5-42(22-21-40-52(4,49)50)28-19-20-32(26(3)23-28)43-37(48)41-31-17-11-12-18-33(31)51-38(43)35-39-24-30(29-16-10-9-13-25(29)2)34(46)45(35)44(36(38)47)27-14-7-6-8-15-27/h6-20,23-24,40H,5,21-22H2,1-4H3,(H,41,48). The lowest BCUT2D eigenvalue weighted by Gasteiger charge is -2.37. The Labute approximate surface area is 301 Å². The van der Waals surface area contributed by atoms with E-state index in [-0.39, 0.29) is 23.7 Å². The number of aryl methyl sites for hydroxylation is 2. The molecule has 7 rings (SSSR count). The Kier molecular flexibility index (Phi) is 8.80. The van der Waals surface area contributed by atoms with Gasteiger partial charge in [-0.3, -0.25) is 9.59 Å². The van der Waals surface area contributed by atoms with Gasteiger partial charge in [-0.2, -0.15) is 4.68 Å². The molecule has 3 amide bonds. The first-order chi connectivity index (χ1) is 24.9. The van der Waals surface area contributed by atoms with Gasteiger partial charge in [-0.25, -0.2) is 32.8 Å². The van der Waals surface area contributed by atoms with Gasteiger partial charge >= 0.3 is 17.7 Å². The molecule has 3 heterocycles. The van der Waals surface area contributed by atoms with E-state index in [9.17, 15) is 18.0 Å². The van der Waals surface area contributed by atoms with Crippen molar-refractivity contribution in [3.63, 3.8) is 0 Å². The minimum absolute atomic E-state index is 0.110. The first kappa shape index (κ1) is 34.5. The number of carbonyl (C=O) groups is 2. The number of ether oxygens (including phenoxy) is 1. The molecule has 0 bridgehead atoms. The van der Waals surface area contributed by atoms with Gasteiger partial charge in [0.25, 0.3) is 5.56 Å². The minimum Gasteiger partial charge on any atom is -0.449 e. The summed E-state index contributed by atoms with van der Waals surface area (Å²) in [6, 6.07) is 27.5. The molecule has 0 saturated carbocycles. The lowest BCUT2D eigenvalue weighted by Crippen LogP contribution is -2.59. The van der Waals surface area contributed by atoms with Gasteiger partial charge in [-0.1, -0.05) is 54.6 Å². The molecule has 0 fully saturated rings. The van der Waals surface area contributed by atoms with Crippen LogP contribution in [0.1, 0.15) is 23.9 Å². The molecular weight excluding hydrogens is 683 g/mol. The fourth-order valence-corrected chi connectivity index (χ4v) is 7.18. The SMILES string of the molecule is CCN(CCNS(C)(=O)=O)c1ccc(N2C(=O)Nc3ccccc3OC23C(=O)N(c2ccccc2)n2c3ncc(-c3ccccc3C)c2=O)c(C)c1. The van der Waals surface area contributed by atoms with Crippen LogP contribution in [-0.2, 0) is 20.5 Å². The van der Waals surface area contributed by atoms with E-state index in [2.05, 4.69) is 10.0 Å². The molecule has 2 aliphatic heterocycles. The predicted octanol–water partition coefficient (Wildman–Crippen LogP) is 5.00. The normalized spacial score (nSPS) is 16.6. The summed E-state index contributed by atoms with van der Waals surface area (Å²) >= 11 is 0. The molecule has 1 atom stereocenters. The highest BCUT2D eigenvalue weighted by molar-refractivity contribution is 7.88. The Morgan fingerprint density at radius 3 is 2.31 bits per heavy atom. The van der Waals surface area contributed by atoms with E-state index in [1.807, 2.05) is 49.1 Å². The molecule has 1 unspecified atom stereocenters. The number of benzene rings is 4. The zero-order valence-corrected chi connectivity index (χ0v) is 29.8. The fourth-order valence-electron chi connectivity index (χ4n) is 6.72. The number of hydrogen-bond acceptors (Lipinski definition) is 8. The van der Waals surface area contributed by atoms with Crippen LogP contribution in [0.25, 0.3) is 11.1 Å². The van der Waals surface area contributed by atoms with Crippen molar-refractivity contribution in [2.24, 2.45) is 0 Å². The molecular formula is C38H37N7O6S. The molecule has 0 aliphatic carbocycles. The molecule has 0 radical (unpaired) electrons. The van der Waals surface area contributed by atoms with Gasteiger partial charge in [0.15, 0.2) is 0 Å². The van der Waals surface area contributed by atoms with Crippen LogP contribution < -0.4 is 35.1 Å². The maximum Gasteiger partial charge on any atom is 0.334 e. The van der Waals surface area contributed by atoms with Crippen LogP contribution in [0.15, 0.2) is 108 Å². The number of anilines is 4. The largest absolute Gasteiger partial charge is 0.449 e. The average molecular weight is 720 g/mol. The van der Waals surface area contributed by atoms with Gasteiger partial charge in [-0.05, 0) is 79.9 Å². The number of para-hydroxylation sites is 3. The summed E-state index contributed by atoms with van der Waals surface area (Å²) < 4.78 is 33.8. The van der Waals surface area contributed by atoms with E-state index in [4.69, 9.17) is 9.72 Å². The molecule has 5 aromatic rings. The molecule has 13 nitrogen and oxygen atoms in total. The first-order valence-electron chi connectivity index (χ1n) is 16.7. The van der Waals surface area contributed by atoms with Crippen molar-refractivity contribution in [3.8, 4) is 16.9 Å². The minimum atomic E-state index is -3.37. The van der Waals surface area contributed by atoms with Gasteiger partial charge in [0.1, 0.15) is 5.75 Å². The smallest absolute Gasteiger partial charge is 0.334 e. The van der Waals surface area contributed by atoms with Crippen molar-refractivity contribution < 1.29 is 22.7 Å². The third-order valence-corrected chi connectivity index (χ3v) is 9.91. The maximum atomic E-state index is 15.3. The molecule has 14 heteroatoms. The Morgan fingerprint density at radius 1 is 0.885 bits per heavy atom. The summed E-state index contributed by atoms with van der Waals surface area (Å²) in [6.45, 7) is 6.81. The fraction of sp³-hybridized carbons (Fsp3) is 0.211. The summed E-state index contributed by atoms with van der Waals surface area (Å²) in [5, 5.41) is 4.13. The number of urea groups is 1. The molecule has 0 saturated heterocycles. The number of rotatable bonds is 9. The Bertz CT molecular complexity index is 2380. The second-order valence-electron chi connectivity index (χ2n) is 12.6. The first-order valence-corrected chi connectivity index (χ1v) is 18.6. The summed E-state index contributed by atoms with van der Waals surface area (Å²) in [4.78, 5) is 52.6. The molecule has 1 spiro atoms. The number of carbonyl (C=O) groups excluding carboxylic acids is 2. The van der Waals surface area contributed by atoms with Crippen LogP contribution in [-0.4, -0.2) is 55.9 Å². The predicted molar refractivity (Wildman–Crippen MR) is 200 cm³/mol. The van der Waals surface area contributed by atoms with Crippen molar-refractivity contribution in [2.75, 3.05) is 46.0 Å². The quantitative estimate of drug-likeness (QED) is 0.217. The summed E-state index contributed by atoms with van der Waals surface area (Å²) in [7, 11) is -3.37. The second kappa shape index (κ2) is 13.3. The number of amides is 3. The van der Waals surface area contributed by atoms with Gasteiger partial charge in [0.05, 0.1) is 28.9 Å². The number of aromatic nitrogens is 2. The third-order valence-electron chi connectivity index (χ3n) is 9.18. The van der Waals surface area contributed by atoms with E-state index in [0.29, 0.717) is 41.3 Å². The van der Waals surface area contributed by atoms with Gasteiger partial charge in [-0.15, -0.1) is 0 Å². The lowest BCUT2D eigenvalue weighted by molar-refractivity contribution is -0.132. The number of nitrogens with one attached hydrogen (secondary N) is 2. The molecule has 4 aromatic carbocycles. The van der Waals surface area contributed by atoms with Crippen molar-refractivity contribution in [2.45, 2.75) is 26.5 Å². The van der Waals surface area contributed by atoms with Crippen LogP contribution >= 0.6 is 0 Å². The molecule has 266 valence electrons. The molecule has 2 aliphatic rings. The number of likely N-dealkylation sites (N-methyl/N-ethyl adjacent to an activating group) is 1. The summed E-state index contributed by atoms with van der Waals surface area (Å²) in [6.07, 6.45) is 2.54. The van der Waals surface area contributed by atoms with Crippen molar-refractivity contribution in [1.29, 1.82) is 0 Å². The van der Waals surface area contributed by atoms with E-state index in [0.717, 1.165) is 17.5 Å². The van der Waals surface area contributed by atoms with Crippen LogP contribution in [0.5, 0.6) is 5.75 Å². The summed E-state index contributed by atoms with van der Waals surface area (Å²) in [5.74, 6) is -0.640. The Morgan fingerprint density at radius 2 is 1.60 bits per heavy atom. The van der Waals surface area contributed by atoms with Crippen molar-refractivity contribution in [3.05, 3.63) is 131 Å². The monoisotopic (exact) mass is 719 g/mol. The van der Waals surface area contributed by atoms with E-state index < -0.39 is 33.2 Å². The summed E-state index contributed by atoms with van der Waals surface area (Å²) in [5.41, 5.74) is 1.35. The van der Waals surface area contributed by atoms with Crippen LogP contribution in [0.2, 0.25) is 0 Å². The molecule has 52 heavy (non-hydrogen) atoms. The van der Waals surface area contributed by atoms with Gasteiger partial charge in [0, 0.05) is 31.5 Å². The Balaban J connectivity index is 1.45. The van der Waals surface area contributed by atoms with Crippen molar-refractivity contribution in [1.82, 2.24) is 14.4 Å². The van der Waals surface area contributed by atoms with E-state index in [1.54, 1.807) is 73.7 Å². The highest BCUT2D eigenvalue weighted by atomic mass is 32.2. The molecule has 1 aromatic heterocycles. The topological polar surface area (TPSA) is 146 Å². The van der Waals surface area contributed by atoms with Gasteiger partial charge in [0.2, 0.25) is 15.8 Å². The van der Waals surface area contributed by atoms with E-state index in [1.165, 1.54) is 20.8 Å². The maximum absolute atomic E-state index is 15.3. The highest BCUT2D eigenvalue weighted by Gasteiger charge is 2.64. The third kappa shape index (κ3) is 5.85. The zero-order valence-electron chi connectivity index (χ0n) is 29.0. The van der Waals surface area contributed by atoms with E-state index >= 15 is 4.79 Å². The Hall–Kier alpha value is -5.99. The lowest BCUT2D eigenvalue weighted by atomic mass is 10.0. The number of fused-ring (bicyclic) bond motifs is 3. The van der Waals surface area contributed by atoms with Crippen LogP contribution in [0.3, 0.4) is 0 Å². The van der Waals surface area contributed by atoms with Crippen molar-refractivity contribution >= 4 is 44.7 Å². The number of sulfonamides is 1. The highest BCUT2D eigenvalue weighted by Crippen LogP contribution is 2.46. The average Bonchev–Trinajstić information content (AvgIpc) is 3.27. The number of nitrogens with zero attached hydrogens (tertiary/aromatic N) is 5. The van der Waals surface area contributed by atoms with Crippen LogP contribution in [0, 0.1) is 13.8 Å². The zero-order chi connectivity index (χ0) is 36.8. The number of hydrogen-bond donors (Lipinski definition) is 2. The van der Waals surface area contributed by atoms with Crippen LogP contribution in [0.4, 0.5) is 27.5 Å². The second-order valence-corrected chi connectivity index (χ2v) is 14.4. The molecule has 2 N–H and O–H groups in total. The van der Waals surface area contributed by atoms with Gasteiger partial charge < -0.3 is 15.0 Å².